The number of halogens is 1. The van der Waals surface area contributed by atoms with E-state index in [1.807, 2.05) is 11.0 Å². The molecule has 0 aliphatic carbocycles. The highest BCUT2D eigenvalue weighted by molar-refractivity contribution is 6.00. The van der Waals surface area contributed by atoms with Crippen LogP contribution < -0.4 is 20.3 Å². The number of nitrogens with one attached hydrogen (secondary N) is 2. The Morgan fingerprint density at radius 2 is 2.02 bits per heavy atom. The monoisotopic (exact) mass is 560 g/mol. The van der Waals surface area contributed by atoms with Gasteiger partial charge in [-0.05, 0) is 26.3 Å². The highest BCUT2D eigenvalue weighted by Gasteiger charge is 2.29. The standard InChI is InChI=1S/C27H29FN10O3/c1-27(2,40)23(28)13-32-25(39)20-11-30-21(19-12-35-38-14-16(7-29)8-31-24(19)38)6-22(20)36-17-4-5-37(15-17)26-33-9-18(41-3)10-34-26/h6,8-12,14,17,23,40H,4-5,13,15H2,1-3H3,(H,30,36)(H,32,39). The molecule has 5 rings (SSSR count). The SMILES string of the molecule is COc1cnc(N2CCC(Nc3cc(-c4cnn5cc(C#N)cnc45)ncc3C(=O)NCC(F)C(C)(C)O)C2)nc1. The quantitative estimate of drug-likeness (QED) is 0.274. The van der Waals surface area contributed by atoms with Crippen LogP contribution in [0.4, 0.5) is 16.0 Å². The van der Waals surface area contributed by atoms with Gasteiger partial charge >= 0.3 is 0 Å². The molecule has 14 heteroatoms. The van der Waals surface area contributed by atoms with Crippen molar-refractivity contribution in [3.63, 3.8) is 0 Å². The van der Waals surface area contributed by atoms with Crippen LogP contribution in [0.3, 0.4) is 0 Å². The van der Waals surface area contributed by atoms with Crippen molar-refractivity contribution >= 4 is 23.2 Å². The highest BCUT2D eigenvalue weighted by atomic mass is 19.1. The number of pyridine rings is 1. The van der Waals surface area contributed by atoms with E-state index in [1.165, 1.54) is 30.8 Å². The highest BCUT2D eigenvalue weighted by Crippen LogP contribution is 2.28. The molecule has 13 nitrogen and oxygen atoms in total. The lowest BCUT2D eigenvalue weighted by Gasteiger charge is -2.23. The number of carbonyl (C=O) groups excluding carboxylic acids is 1. The van der Waals surface area contributed by atoms with Crippen molar-refractivity contribution in [2.24, 2.45) is 0 Å². The molecule has 1 saturated heterocycles. The van der Waals surface area contributed by atoms with Crippen LogP contribution in [0.25, 0.3) is 16.9 Å². The zero-order valence-corrected chi connectivity index (χ0v) is 22.7. The third kappa shape index (κ3) is 5.99. The topological polar surface area (TPSA) is 166 Å². The Bertz CT molecular complexity index is 1600. The van der Waals surface area contributed by atoms with Crippen molar-refractivity contribution in [1.29, 1.82) is 5.26 Å². The molecule has 1 fully saturated rings. The summed E-state index contributed by atoms with van der Waals surface area (Å²) >= 11 is 0. The molecule has 0 spiro atoms. The summed E-state index contributed by atoms with van der Waals surface area (Å²) in [5.41, 5.74) is 1.07. The summed E-state index contributed by atoms with van der Waals surface area (Å²) in [7, 11) is 1.55. The third-order valence-corrected chi connectivity index (χ3v) is 6.80. The summed E-state index contributed by atoms with van der Waals surface area (Å²) in [4.78, 5) is 32.7. The number of methoxy groups -OCH3 is 1. The van der Waals surface area contributed by atoms with Crippen LogP contribution in [-0.2, 0) is 0 Å². The lowest BCUT2D eigenvalue weighted by atomic mass is 10.0. The smallest absolute Gasteiger partial charge is 0.255 e. The van der Waals surface area contributed by atoms with Crippen molar-refractivity contribution in [2.75, 3.05) is 37.0 Å². The predicted octanol–water partition coefficient (Wildman–Crippen LogP) is 1.99. The summed E-state index contributed by atoms with van der Waals surface area (Å²) in [5.74, 6) is 0.593. The molecule has 1 amide bonds. The van der Waals surface area contributed by atoms with Gasteiger partial charge in [-0.2, -0.15) is 10.4 Å². The van der Waals surface area contributed by atoms with Crippen LogP contribution in [-0.4, -0.2) is 85.1 Å². The molecular weight excluding hydrogens is 531 g/mol. The number of nitriles is 1. The van der Waals surface area contributed by atoms with Gasteiger partial charge in [0.25, 0.3) is 5.91 Å². The van der Waals surface area contributed by atoms with Crippen molar-refractivity contribution in [3.8, 4) is 23.1 Å². The molecule has 1 aliphatic heterocycles. The number of hydrogen-bond acceptors (Lipinski definition) is 11. The lowest BCUT2D eigenvalue weighted by Crippen LogP contribution is -2.42. The van der Waals surface area contributed by atoms with Crippen molar-refractivity contribution in [3.05, 3.63) is 54.4 Å². The van der Waals surface area contributed by atoms with E-state index in [0.717, 1.165) is 6.42 Å². The van der Waals surface area contributed by atoms with Gasteiger partial charge < -0.3 is 25.4 Å². The van der Waals surface area contributed by atoms with Crippen LogP contribution in [0.1, 0.15) is 36.2 Å². The number of carbonyl (C=O) groups is 1. The van der Waals surface area contributed by atoms with Gasteiger partial charge in [-0.25, -0.2) is 23.9 Å². The Kier molecular flexibility index (Phi) is 7.62. The fourth-order valence-corrected chi connectivity index (χ4v) is 4.40. The van der Waals surface area contributed by atoms with Gasteiger partial charge in [0.2, 0.25) is 5.95 Å². The third-order valence-electron chi connectivity index (χ3n) is 6.80. The van der Waals surface area contributed by atoms with Crippen LogP contribution in [0, 0.1) is 11.3 Å². The average Bonchev–Trinajstić information content (AvgIpc) is 3.62. The molecule has 2 unspecified atom stereocenters. The van der Waals surface area contributed by atoms with Crippen LogP contribution in [0.5, 0.6) is 5.75 Å². The minimum Gasteiger partial charge on any atom is -0.494 e. The van der Waals surface area contributed by atoms with Gasteiger partial charge in [0, 0.05) is 31.5 Å². The Labute approximate surface area is 235 Å². The van der Waals surface area contributed by atoms with Gasteiger partial charge in [-0.15, -0.1) is 0 Å². The number of aliphatic hydroxyl groups is 1. The molecule has 3 N–H and O–H groups in total. The number of ether oxygens (including phenoxy) is 1. The van der Waals surface area contributed by atoms with E-state index in [-0.39, 0.29) is 18.2 Å². The second kappa shape index (κ2) is 11.3. The maximum absolute atomic E-state index is 14.4. The maximum atomic E-state index is 14.4. The van der Waals surface area contributed by atoms with Crippen LogP contribution >= 0.6 is 0 Å². The minimum absolute atomic E-state index is 0.0620. The summed E-state index contributed by atoms with van der Waals surface area (Å²) in [6.07, 6.45) is 8.32. The second-order valence-corrected chi connectivity index (χ2v) is 10.2. The minimum atomic E-state index is -1.66. The van der Waals surface area contributed by atoms with Gasteiger partial charge in [-0.1, -0.05) is 0 Å². The molecular formula is C27H29FN10O3. The van der Waals surface area contributed by atoms with E-state index in [2.05, 4.69) is 35.7 Å². The fourth-order valence-electron chi connectivity index (χ4n) is 4.40. The molecule has 4 aromatic rings. The van der Waals surface area contributed by atoms with E-state index >= 15 is 0 Å². The first-order valence-corrected chi connectivity index (χ1v) is 12.9. The maximum Gasteiger partial charge on any atom is 0.255 e. The molecule has 41 heavy (non-hydrogen) atoms. The number of aromatic nitrogens is 6. The Morgan fingerprint density at radius 1 is 1.24 bits per heavy atom. The summed E-state index contributed by atoms with van der Waals surface area (Å²) in [6.45, 7) is 3.59. The Hall–Kier alpha value is -4.90. The lowest BCUT2D eigenvalue weighted by molar-refractivity contribution is -0.00177. The van der Waals surface area contributed by atoms with E-state index in [9.17, 15) is 14.3 Å². The predicted molar refractivity (Wildman–Crippen MR) is 147 cm³/mol. The second-order valence-electron chi connectivity index (χ2n) is 10.2. The molecule has 212 valence electrons. The number of nitrogens with zero attached hydrogens (tertiary/aromatic N) is 8. The summed E-state index contributed by atoms with van der Waals surface area (Å²) in [5, 5.41) is 29.4. The first-order chi connectivity index (χ1) is 19.7. The Morgan fingerprint density at radius 3 is 2.73 bits per heavy atom. The average molecular weight is 561 g/mol. The summed E-state index contributed by atoms with van der Waals surface area (Å²) < 4.78 is 21.0. The van der Waals surface area contributed by atoms with Gasteiger partial charge in [0.15, 0.2) is 11.4 Å². The van der Waals surface area contributed by atoms with Crippen LogP contribution in [0.2, 0.25) is 0 Å². The van der Waals surface area contributed by atoms with E-state index in [1.54, 1.807) is 38.0 Å². The first kappa shape index (κ1) is 27.7. The van der Waals surface area contributed by atoms with Crippen LogP contribution in [0.15, 0.2) is 43.2 Å². The zero-order valence-electron chi connectivity index (χ0n) is 22.7. The summed E-state index contributed by atoms with van der Waals surface area (Å²) in [6, 6.07) is 3.69. The molecule has 5 heterocycles. The first-order valence-electron chi connectivity index (χ1n) is 12.9. The molecule has 1 aliphatic rings. The van der Waals surface area contributed by atoms with Crippen molar-refractivity contribution < 1.29 is 19.0 Å². The number of hydrogen-bond donors (Lipinski definition) is 3. The number of rotatable bonds is 9. The molecule has 0 bridgehead atoms. The van der Waals surface area contributed by atoms with E-state index in [4.69, 9.17) is 10.00 Å². The van der Waals surface area contributed by atoms with Crippen molar-refractivity contribution in [2.45, 2.75) is 38.1 Å². The number of amides is 1. The molecule has 0 radical (unpaired) electrons. The molecule has 4 aromatic heterocycles. The largest absolute Gasteiger partial charge is 0.494 e. The Balaban J connectivity index is 1.42. The number of alkyl halides is 1. The zero-order chi connectivity index (χ0) is 29.1. The van der Waals surface area contributed by atoms with E-state index < -0.39 is 17.7 Å². The van der Waals surface area contributed by atoms with E-state index in [0.29, 0.717) is 52.9 Å². The molecule has 0 aromatic carbocycles. The van der Waals surface area contributed by atoms with Crippen molar-refractivity contribution in [1.82, 2.24) is 34.9 Å². The number of anilines is 2. The molecule has 0 saturated carbocycles. The van der Waals surface area contributed by atoms with Gasteiger partial charge in [0.05, 0.1) is 72.1 Å². The normalized spacial score (nSPS) is 15.9. The van der Waals surface area contributed by atoms with Gasteiger partial charge in [-0.3, -0.25) is 9.78 Å². The van der Waals surface area contributed by atoms with Gasteiger partial charge in [0.1, 0.15) is 12.2 Å². The fraction of sp³-hybridized carbons (Fsp3) is 0.370. The molecule has 2 atom stereocenters. The number of fused-ring (bicyclic) bond motifs is 1.